The summed E-state index contributed by atoms with van der Waals surface area (Å²) in [5.74, 6) is -1.12. The van der Waals surface area contributed by atoms with Crippen LogP contribution in [-0.2, 0) is 20.7 Å². The zero-order chi connectivity index (χ0) is 19.0. The molecule has 0 fully saturated rings. The van der Waals surface area contributed by atoms with E-state index < -0.39 is 29.5 Å². The van der Waals surface area contributed by atoms with Crippen molar-refractivity contribution in [3.8, 4) is 5.75 Å². The molecule has 1 amide bonds. The van der Waals surface area contributed by atoms with Gasteiger partial charge in [0.25, 0.3) is 0 Å². The molecule has 0 heterocycles. The molecular weight excluding hydrogens is 329 g/mol. The summed E-state index contributed by atoms with van der Waals surface area (Å²) in [5.41, 5.74) is -0.112. The van der Waals surface area contributed by atoms with E-state index in [-0.39, 0.29) is 18.8 Å². The lowest BCUT2D eigenvalue weighted by molar-refractivity contribution is -0.143. The second kappa shape index (κ2) is 9.05. The lowest BCUT2D eigenvalue weighted by Gasteiger charge is -2.22. The molecule has 25 heavy (non-hydrogen) atoms. The SMILES string of the molecule is C=CCOc1cc(C[C@H](NC(=O)OC(C)(C)C)C(=O)OC)ccc1F. The van der Waals surface area contributed by atoms with Gasteiger partial charge in [-0.05, 0) is 38.5 Å². The minimum absolute atomic E-state index is 0.0401. The van der Waals surface area contributed by atoms with Gasteiger partial charge in [-0.3, -0.25) is 0 Å². The third-order valence-electron chi connectivity index (χ3n) is 2.97. The lowest BCUT2D eigenvalue weighted by Crippen LogP contribution is -2.45. The Kier molecular flexibility index (Phi) is 7.42. The molecule has 0 unspecified atom stereocenters. The van der Waals surface area contributed by atoms with E-state index in [2.05, 4.69) is 11.9 Å². The van der Waals surface area contributed by atoms with Crippen LogP contribution in [0.15, 0.2) is 30.9 Å². The van der Waals surface area contributed by atoms with E-state index in [1.807, 2.05) is 0 Å². The Morgan fingerprint density at radius 2 is 2.04 bits per heavy atom. The molecule has 0 radical (unpaired) electrons. The van der Waals surface area contributed by atoms with Gasteiger partial charge in [0.1, 0.15) is 18.2 Å². The van der Waals surface area contributed by atoms with E-state index in [9.17, 15) is 14.0 Å². The highest BCUT2D eigenvalue weighted by Crippen LogP contribution is 2.20. The monoisotopic (exact) mass is 353 g/mol. The fraction of sp³-hybridized carbons (Fsp3) is 0.444. The van der Waals surface area contributed by atoms with Gasteiger partial charge in [-0.1, -0.05) is 18.7 Å². The van der Waals surface area contributed by atoms with Crippen LogP contribution >= 0.6 is 0 Å². The first-order valence-corrected chi connectivity index (χ1v) is 7.75. The third kappa shape index (κ3) is 7.24. The van der Waals surface area contributed by atoms with Crippen LogP contribution in [0.25, 0.3) is 0 Å². The highest BCUT2D eigenvalue weighted by atomic mass is 19.1. The number of methoxy groups -OCH3 is 1. The maximum Gasteiger partial charge on any atom is 0.408 e. The predicted octanol–water partition coefficient (Wildman–Crippen LogP) is 3.00. The molecule has 6 nitrogen and oxygen atoms in total. The molecule has 1 aromatic rings. The quantitative estimate of drug-likeness (QED) is 0.602. The molecule has 0 aliphatic rings. The normalized spacial score (nSPS) is 12.0. The predicted molar refractivity (Wildman–Crippen MR) is 91.0 cm³/mol. The smallest absolute Gasteiger partial charge is 0.408 e. The molecule has 1 aromatic carbocycles. The molecule has 0 aliphatic heterocycles. The topological polar surface area (TPSA) is 73.9 Å². The summed E-state index contributed by atoms with van der Waals surface area (Å²) < 4.78 is 28.8. The van der Waals surface area contributed by atoms with Gasteiger partial charge in [0.15, 0.2) is 11.6 Å². The van der Waals surface area contributed by atoms with Gasteiger partial charge in [-0.15, -0.1) is 0 Å². The first-order chi connectivity index (χ1) is 11.7. The Morgan fingerprint density at radius 1 is 1.36 bits per heavy atom. The van der Waals surface area contributed by atoms with Crippen LogP contribution in [0.5, 0.6) is 5.75 Å². The van der Waals surface area contributed by atoms with Crippen molar-refractivity contribution in [2.24, 2.45) is 0 Å². The third-order valence-corrected chi connectivity index (χ3v) is 2.97. The van der Waals surface area contributed by atoms with Crippen molar-refractivity contribution in [2.45, 2.75) is 38.8 Å². The lowest BCUT2D eigenvalue weighted by atomic mass is 10.1. The Morgan fingerprint density at radius 3 is 2.60 bits per heavy atom. The van der Waals surface area contributed by atoms with Crippen molar-refractivity contribution in [2.75, 3.05) is 13.7 Å². The summed E-state index contributed by atoms with van der Waals surface area (Å²) in [6.07, 6.45) is 0.845. The number of ether oxygens (including phenoxy) is 3. The summed E-state index contributed by atoms with van der Waals surface area (Å²) >= 11 is 0. The molecule has 0 spiro atoms. The van der Waals surface area contributed by atoms with Crippen LogP contribution in [0.2, 0.25) is 0 Å². The second-order valence-corrected chi connectivity index (χ2v) is 6.29. The average molecular weight is 353 g/mol. The number of hydrogen-bond donors (Lipinski definition) is 1. The molecule has 138 valence electrons. The molecule has 1 atom stereocenters. The van der Waals surface area contributed by atoms with Crippen molar-refractivity contribution < 1.29 is 28.2 Å². The first kappa shape index (κ1) is 20.5. The zero-order valence-electron chi connectivity index (χ0n) is 14.9. The highest BCUT2D eigenvalue weighted by Gasteiger charge is 2.25. The molecule has 0 aromatic heterocycles. The highest BCUT2D eigenvalue weighted by molar-refractivity contribution is 5.81. The van der Waals surface area contributed by atoms with Gasteiger partial charge < -0.3 is 19.5 Å². The van der Waals surface area contributed by atoms with Gasteiger partial charge in [-0.25, -0.2) is 14.0 Å². The van der Waals surface area contributed by atoms with Crippen LogP contribution in [0.4, 0.5) is 9.18 Å². The van der Waals surface area contributed by atoms with Crippen molar-refractivity contribution in [1.82, 2.24) is 5.32 Å². The molecule has 0 saturated carbocycles. The molecule has 1 N–H and O–H groups in total. The number of amides is 1. The maximum atomic E-state index is 13.7. The number of alkyl carbamates (subject to hydrolysis) is 1. The Labute approximate surface area is 147 Å². The summed E-state index contributed by atoms with van der Waals surface area (Å²) in [6.45, 7) is 8.79. The number of hydrogen-bond acceptors (Lipinski definition) is 5. The summed E-state index contributed by atoms with van der Waals surface area (Å²) in [6, 6.07) is 3.22. The molecule has 7 heteroatoms. The summed E-state index contributed by atoms with van der Waals surface area (Å²) in [5, 5.41) is 2.46. The number of benzene rings is 1. The van der Waals surface area contributed by atoms with Crippen molar-refractivity contribution in [3.05, 3.63) is 42.2 Å². The van der Waals surface area contributed by atoms with Crippen molar-refractivity contribution in [3.63, 3.8) is 0 Å². The first-order valence-electron chi connectivity index (χ1n) is 7.75. The van der Waals surface area contributed by atoms with Gasteiger partial charge in [0.2, 0.25) is 0 Å². The fourth-order valence-electron chi connectivity index (χ4n) is 1.96. The molecule has 0 aliphatic carbocycles. The van der Waals surface area contributed by atoms with Crippen LogP contribution in [0, 0.1) is 5.82 Å². The van der Waals surface area contributed by atoms with Gasteiger partial charge in [0.05, 0.1) is 7.11 Å². The van der Waals surface area contributed by atoms with E-state index in [0.29, 0.717) is 5.56 Å². The number of carbonyl (C=O) groups is 2. The van der Waals surface area contributed by atoms with E-state index >= 15 is 0 Å². The number of carbonyl (C=O) groups excluding carboxylic acids is 2. The number of halogens is 1. The molecule has 0 bridgehead atoms. The maximum absolute atomic E-state index is 13.7. The van der Waals surface area contributed by atoms with Gasteiger partial charge in [0, 0.05) is 6.42 Å². The van der Waals surface area contributed by atoms with Crippen molar-refractivity contribution in [1.29, 1.82) is 0 Å². The number of esters is 1. The fourth-order valence-corrected chi connectivity index (χ4v) is 1.96. The minimum atomic E-state index is -0.974. The van der Waals surface area contributed by atoms with E-state index in [4.69, 9.17) is 14.2 Å². The van der Waals surface area contributed by atoms with Crippen LogP contribution in [-0.4, -0.2) is 37.4 Å². The van der Waals surface area contributed by atoms with Crippen molar-refractivity contribution >= 4 is 12.1 Å². The largest absolute Gasteiger partial charge is 0.486 e. The minimum Gasteiger partial charge on any atom is -0.486 e. The molecular formula is C18H24FNO5. The number of nitrogens with one attached hydrogen (secondary N) is 1. The molecule has 0 saturated heterocycles. The summed E-state index contributed by atoms with van der Waals surface area (Å²) in [7, 11) is 1.22. The van der Waals surface area contributed by atoms with Crippen LogP contribution < -0.4 is 10.1 Å². The van der Waals surface area contributed by atoms with Crippen LogP contribution in [0.1, 0.15) is 26.3 Å². The Hall–Kier alpha value is -2.57. The second-order valence-electron chi connectivity index (χ2n) is 6.29. The van der Waals surface area contributed by atoms with Gasteiger partial charge >= 0.3 is 12.1 Å². The Balaban J connectivity index is 2.89. The van der Waals surface area contributed by atoms with E-state index in [1.165, 1.54) is 31.4 Å². The van der Waals surface area contributed by atoms with Crippen LogP contribution in [0.3, 0.4) is 0 Å². The van der Waals surface area contributed by atoms with E-state index in [1.54, 1.807) is 20.8 Å². The Bertz CT molecular complexity index is 624. The average Bonchev–Trinajstić information content (AvgIpc) is 2.52. The standard InChI is InChI=1S/C18H24FNO5/c1-6-9-24-15-11-12(7-8-13(15)19)10-14(16(21)23-5)20-17(22)25-18(2,3)4/h6-8,11,14H,1,9-10H2,2-5H3,(H,20,22)/t14-/m0/s1. The summed E-state index contributed by atoms with van der Waals surface area (Å²) in [4.78, 5) is 23.8. The zero-order valence-corrected chi connectivity index (χ0v) is 14.9. The molecule has 1 rings (SSSR count). The van der Waals surface area contributed by atoms with Gasteiger partial charge in [-0.2, -0.15) is 0 Å². The number of rotatable bonds is 7. The van der Waals surface area contributed by atoms with E-state index in [0.717, 1.165) is 0 Å².